The fourth-order valence-electron chi connectivity index (χ4n) is 1.70. The van der Waals surface area contributed by atoms with E-state index in [-0.39, 0.29) is 16.7 Å². The van der Waals surface area contributed by atoms with Crippen molar-refractivity contribution < 1.29 is 9.90 Å². The summed E-state index contributed by atoms with van der Waals surface area (Å²) < 4.78 is 1.53. The van der Waals surface area contributed by atoms with E-state index >= 15 is 0 Å². The van der Waals surface area contributed by atoms with Crippen LogP contribution in [-0.2, 0) is 13.5 Å². The quantitative estimate of drug-likeness (QED) is 0.907. The molecule has 0 fully saturated rings. The van der Waals surface area contributed by atoms with Gasteiger partial charge in [-0.2, -0.15) is 5.10 Å². The Bertz CT molecular complexity index is 622. The number of aryl methyl sites for hydroxylation is 2. The van der Waals surface area contributed by atoms with Crippen LogP contribution in [0, 0.1) is 0 Å². The first-order valence-corrected chi connectivity index (χ1v) is 6.22. The number of halogens is 1. The summed E-state index contributed by atoms with van der Waals surface area (Å²) in [5, 5.41) is 16.6. The summed E-state index contributed by atoms with van der Waals surface area (Å²) in [6, 6.07) is 6.28. The number of benzene rings is 1. The van der Waals surface area contributed by atoms with Gasteiger partial charge in [-0.25, -0.2) is 0 Å². The van der Waals surface area contributed by atoms with Crippen molar-refractivity contribution in [1.82, 2.24) is 9.78 Å². The number of hydrogen-bond donors (Lipinski definition) is 2. The van der Waals surface area contributed by atoms with E-state index in [4.69, 9.17) is 11.6 Å². The van der Waals surface area contributed by atoms with Gasteiger partial charge in [0, 0.05) is 18.8 Å². The van der Waals surface area contributed by atoms with Crippen LogP contribution in [0.15, 0.2) is 24.3 Å². The van der Waals surface area contributed by atoms with Crippen LogP contribution >= 0.6 is 11.6 Å². The minimum Gasteiger partial charge on any atom is -0.506 e. The second-order valence-corrected chi connectivity index (χ2v) is 4.53. The molecule has 1 aromatic heterocycles. The van der Waals surface area contributed by atoms with E-state index in [9.17, 15) is 9.90 Å². The number of amides is 1. The molecule has 0 radical (unpaired) electrons. The molecule has 1 aromatic carbocycles. The number of hydrogen-bond acceptors (Lipinski definition) is 3. The van der Waals surface area contributed by atoms with E-state index < -0.39 is 0 Å². The lowest BCUT2D eigenvalue weighted by atomic mass is 10.2. The predicted molar refractivity (Wildman–Crippen MR) is 73.7 cm³/mol. The Morgan fingerprint density at radius 3 is 2.79 bits per heavy atom. The van der Waals surface area contributed by atoms with Crippen molar-refractivity contribution in [3.05, 3.63) is 40.7 Å². The van der Waals surface area contributed by atoms with Gasteiger partial charge >= 0.3 is 0 Å². The van der Waals surface area contributed by atoms with E-state index in [1.165, 1.54) is 16.8 Å². The Kier molecular flexibility index (Phi) is 3.76. The minimum atomic E-state index is -0.281. The number of phenols is 1. The standard InChI is InChI=1S/C13H14ClN3O2/c1-3-8-6-11(17(2)16-8)13(19)15-9-4-5-10(14)12(18)7-9/h4-7,18H,3H2,1-2H3,(H,15,19). The van der Waals surface area contributed by atoms with Crippen molar-refractivity contribution >= 4 is 23.2 Å². The molecule has 0 saturated heterocycles. The number of nitrogens with zero attached hydrogens (tertiary/aromatic N) is 2. The van der Waals surface area contributed by atoms with E-state index in [0.29, 0.717) is 11.4 Å². The molecule has 100 valence electrons. The van der Waals surface area contributed by atoms with Gasteiger partial charge in [0.2, 0.25) is 0 Å². The highest BCUT2D eigenvalue weighted by molar-refractivity contribution is 6.32. The van der Waals surface area contributed by atoms with Gasteiger partial charge in [0.05, 0.1) is 10.7 Å². The molecule has 0 atom stereocenters. The molecule has 0 aliphatic heterocycles. The number of aromatic hydroxyl groups is 1. The summed E-state index contributed by atoms with van der Waals surface area (Å²) in [6.07, 6.45) is 0.767. The molecule has 19 heavy (non-hydrogen) atoms. The lowest BCUT2D eigenvalue weighted by Gasteiger charge is -2.06. The van der Waals surface area contributed by atoms with E-state index in [2.05, 4.69) is 10.4 Å². The lowest BCUT2D eigenvalue weighted by molar-refractivity contribution is 0.101. The van der Waals surface area contributed by atoms with E-state index in [1.807, 2.05) is 6.92 Å². The summed E-state index contributed by atoms with van der Waals surface area (Å²) in [5.74, 6) is -0.352. The van der Waals surface area contributed by atoms with Gasteiger partial charge in [-0.1, -0.05) is 18.5 Å². The lowest BCUT2D eigenvalue weighted by Crippen LogP contribution is -2.15. The SMILES string of the molecule is CCc1cc(C(=O)Nc2ccc(Cl)c(O)c2)n(C)n1. The van der Waals surface area contributed by atoms with Gasteiger partial charge in [0.1, 0.15) is 11.4 Å². The van der Waals surface area contributed by atoms with Crippen molar-refractivity contribution in [3.63, 3.8) is 0 Å². The first-order valence-electron chi connectivity index (χ1n) is 5.84. The summed E-state index contributed by atoms with van der Waals surface area (Å²) in [6.45, 7) is 1.97. The third-order valence-corrected chi connectivity index (χ3v) is 3.05. The first-order chi connectivity index (χ1) is 9.01. The van der Waals surface area contributed by atoms with Crippen LogP contribution in [0.4, 0.5) is 5.69 Å². The molecule has 5 nitrogen and oxygen atoms in total. The zero-order valence-electron chi connectivity index (χ0n) is 10.6. The molecule has 0 unspecified atom stereocenters. The minimum absolute atomic E-state index is 0.0706. The van der Waals surface area contributed by atoms with E-state index in [1.54, 1.807) is 19.2 Å². The van der Waals surface area contributed by atoms with Crippen LogP contribution in [0.3, 0.4) is 0 Å². The smallest absolute Gasteiger partial charge is 0.273 e. The van der Waals surface area contributed by atoms with Gasteiger partial charge < -0.3 is 10.4 Å². The maximum Gasteiger partial charge on any atom is 0.273 e. The molecular formula is C13H14ClN3O2. The highest BCUT2D eigenvalue weighted by atomic mass is 35.5. The number of aromatic nitrogens is 2. The van der Waals surface area contributed by atoms with Gasteiger partial charge in [0.15, 0.2) is 0 Å². The maximum atomic E-state index is 12.1. The predicted octanol–water partition coefficient (Wildman–Crippen LogP) is 2.59. The van der Waals surface area contributed by atoms with E-state index in [0.717, 1.165) is 12.1 Å². The molecule has 1 heterocycles. The number of anilines is 1. The molecule has 0 saturated carbocycles. The van der Waals surface area contributed by atoms with Crippen LogP contribution < -0.4 is 5.32 Å². The van der Waals surface area contributed by atoms with Crippen molar-refractivity contribution in [2.24, 2.45) is 7.05 Å². The van der Waals surface area contributed by atoms with Crippen LogP contribution in [0.25, 0.3) is 0 Å². The second-order valence-electron chi connectivity index (χ2n) is 4.12. The molecular weight excluding hydrogens is 266 g/mol. The Labute approximate surface area is 115 Å². The molecule has 6 heteroatoms. The zero-order valence-corrected chi connectivity index (χ0v) is 11.4. The molecule has 0 bridgehead atoms. The molecule has 0 spiro atoms. The first kappa shape index (κ1) is 13.4. The van der Waals surface area contributed by atoms with Gasteiger partial charge in [-0.3, -0.25) is 9.48 Å². The number of rotatable bonds is 3. The Hall–Kier alpha value is -2.01. The zero-order chi connectivity index (χ0) is 14.0. The van der Waals surface area contributed by atoms with Crippen molar-refractivity contribution in [3.8, 4) is 5.75 Å². The van der Waals surface area contributed by atoms with Crippen LogP contribution in [-0.4, -0.2) is 20.8 Å². The molecule has 2 N–H and O–H groups in total. The van der Waals surface area contributed by atoms with Gasteiger partial charge in [-0.05, 0) is 24.6 Å². The average Bonchev–Trinajstić information content (AvgIpc) is 2.75. The average molecular weight is 280 g/mol. The summed E-state index contributed by atoms with van der Waals surface area (Å²) in [4.78, 5) is 12.1. The summed E-state index contributed by atoms with van der Waals surface area (Å²) >= 11 is 5.70. The maximum absolute atomic E-state index is 12.1. The number of phenolic OH excluding ortho intramolecular Hbond substituents is 1. The third kappa shape index (κ3) is 2.88. The largest absolute Gasteiger partial charge is 0.506 e. The van der Waals surface area contributed by atoms with Crippen LogP contribution in [0.1, 0.15) is 23.1 Å². The molecule has 2 rings (SSSR count). The normalized spacial score (nSPS) is 10.5. The van der Waals surface area contributed by atoms with Crippen molar-refractivity contribution in [2.75, 3.05) is 5.32 Å². The second kappa shape index (κ2) is 5.32. The Balaban J connectivity index is 2.20. The molecule has 0 aliphatic carbocycles. The van der Waals surface area contributed by atoms with Crippen molar-refractivity contribution in [2.45, 2.75) is 13.3 Å². The number of carbonyl (C=O) groups excluding carboxylic acids is 1. The third-order valence-electron chi connectivity index (χ3n) is 2.73. The van der Waals surface area contributed by atoms with Gasteiger partial charge in [0.25, 0.3) is 5.91 Å². The highest BCUT2D eigenvalue weighted by Crippen LogP contribution is 2.26. The molecule has 0 aliphatic rings. The summed E-state index contributed by atoms with van der Waals surface area (Å²) in [7, 11) is 1.72. The topological polar surface area (TPSA) is 67.2 Å². The summed E-state index contributed by atoms with van der Waals surface area (Å²) in [5.41, 5.74) is 1.80. The number of carbonyl (C=O) groups is 1. The van der Waals surface area contributed by atoms with Crippen molar-refractivity contribution in [1.29, 1.82) is 0 Å². The highest BCUT2D eigenvalue weighted by Gasteiger charge is 2.13. The van der Waals surface area contributed by atoms with Crippen LogP contribution in [0.2, 0.25) is 5.02 Å². The van der Waals surface area contributed by atoms with Gasteiger partial charge in [-0.15, -0.1) is 0 Å². The Morgan fingerprint density at radius 1 is 1.47 bits per heavy atom. The Morgan fingerprint density at radius 2 is 2.21 bits per heavy atom. The molecule has 2 aromatic rings. The fourth-order valence-corrected chi connectivity index (χ4v) is 1.82. The van der Waals surface area contributed by atoms with Crippen LogP contribution in [0.5, 0.6) is 5.75 Å². The molecule has 1 amide bonds. The number of nitrogens with one attached hydrogen (secondary N) is 1. The fraction of sp³-hybridized carbons (Fsp3) is 0.231. The monoisotopic (exact) mass is 279 g/mol.